The van der Waals surface area contributed by atoms with Crippen molar-refractivity contribution in [2.75, 3.05) is 19.1 Å². The van der Waals surface area contributed by atoms with Gasteiger partial charge in [0.2, 0.25) is 5.91 Å². The minimum atomic E-state index is -1.05. The molecule has 0 aliphatic carbocycles. The largest absolute Gasteiger partial charge is 0.495 e. The first kappa shape index (κ1) is 15.0. The molecule has 1 aromatic rings. The number of aryl methyl sites for hydroxylation is 1. The van der Waals surface area contributed by atoms with E-state index in [4.69, 9.17) is 10.00 Å². The number of anilines is 1. The minimum Gasteiger partial charge on any atom is -0.495 e. The van der Waals surface area contributed by atoms with E-state index in [1.54, 1.807) is 28.0 Å². The number of carbonyl (C=O) groups is 1. The van der Waals surface area contributed by atoms with Gasteiger partial charge in [-0.2, -0.15) is 5.26 Å². The molecule has 0 aromatic heterocycles. The lowest BCUT2D eigenvalue weighted by Crippen LogP contribution is -2.37. The van der Waals surface area contributed by atoms with E-state index in [0.29, 0.717) is 11.4 Å². The van der Waals surface area contributed by atoms with Crippen LogP contribution in [0.1, 0.15) is 26.3 Å². The number of nitriles is 1. The zero-order valence-electron chi connectivity index (χ0n) is 12.2. The average Bonchev–Trinajstić information content (AvgIpc) is 2.44. The van der Waals surface area contributed by atoms with Gasteiger partial charge in [0.25, 0.3) is 0 Å². The van der Waals surface area contributed by atoms with Gasteiger partial charge in [0.15, 0.2) is 0 Å². The van der Waals surface area contributed by atoms with E-state index < -0.39 is 5.41 Å². The highest BCUT2D eigenvalue weighted by Gasteiger charge is 2.32. The normalized spacial score (nSPS) is 10.7. The lowest BCUT2D eigenvalue weighted by molar-refractivity contribution is -0.123. The Labute approximate surface area is 114 Å². The van der Waals surface area contributed by atoms with E-state index in [1.807, 2.05) is 31.2 Å². The molecule has 4 heteroatoms. The molecule has 19 heavy (non-hydrogen) atoms. The fourth-order valence-electron chi connectivity index (χ4n) is 1.79. The Kier molecular flexibility index (Phi) is 4.55. The molecule has 102 valence electrons. The van der Waals surface area contributed by atoms with Gasteiger partial charge in [-0.05, 0) is 38.0 Å². The Bertz CT molecular complexity index is 515. The Balaban J connectivity index is 3.22. The van der Waals surface area contributed by atoms with E-state index in [1.165, 1.54) is 4.90 Å². The van der Waals surface area contributed by atoms with E-state index in [9.17, 15) is 4.79 Å². The van der Waals surface area contributed by atoms with Crippen molar-refractivity contribution in [1.82, 2.24) is 0 Å². The Morgan fingerprint density at radius 3 is 2.58 bits per heavy atom. The summed E-state index contributed by atoms with van der Waals surface area (Å²) in [6, 6.07) is 7.76. The van der Waals surface area contributed by atoms with Crippen LogP contribution in [0.15, 0.2) is 18.2 Å². The smallest absolute Gasteiger partial charge is 0.246 e. The van der Waals surface area contributed by atoms with Crippen LogP contribution in [0.25, 0.3) is 0 Å². The molecular weight excluding hydrogens is 240 g/mol. The van der Waals surface area contributed by atoms with Gasteiger partial charge in [-0.15, -0.1) is 0 Å². The number of methoxy groups -OCH3 is 1. The molecule has 0 aliphatic rings. The highest BCUT2D eigenvalue weighted by Crippen LogP contribution is 2.31. The average molecular weight is 260 g/mol. The zero-order valence-corrected chi connectivity index (χ0v) is 12.2. The minimum absolute atomic E-state index is 0.249. The van der Waals surface area contributed by atoms with Crippen molar-refractivity contribution < 1.29 is 9.53 Å². The van der Waals surface area contributed by atoms with Gasteiger partial charge in [0.05, 0.1) is 18.9 Å². The molecule has 0 aliphatic heterocycles. The van der Waals surface area contributed by atoms with Crippen molar-refractivity contribution in [2.45, 2.75) is 27.2 Å². The SMILES string of the molecule is CCc1ccc(OC)c(N(C)C(=O)C(C)(C)C#N)c1. The van der Waals surface area contributed by atoms with Crippen LogP contribution < -0.4 is 9.64 Å². The molecular formula is C15H20N2O2. The lowest BCUT2D eigenvalue weighted by atomic mass is 9.93. The first-order chi connectivity index (χ1) is 8.87. The van der Waals surface area contributed by atoms with Crippen LogP contribution >= 0.6 is 0 Å². The van der Waals surface area contributed by atoms with Crippen LogP contribution in [-0.4, -0.2) is 20.1 Å². The molecule has 1 amide bonds. The summed E-state index contributed by atoms with van der Waals surface area (Å²) in [5, 5.41) is 9.06. The van der Waals surface area contributed by atoms with Crippen LogP contribution in [-0.2, 0) is 11.2 Å². The molecule has 1 rings (SSSR count). The third-order valence-electron chi connectivity index (χ3n) is 3.13. The molecule has 1 aromatic carbocycles. The molecule has 0 fully saturated rings. The number of carbonyl (C=O) groups excluding carboxylic acids is 1. The van der Waals surface area contributed by atoms with Crippen molar-refractivity contribution >= 4 is 11.6 Å². The number of nitrogens with zero attached hydrogens (tertiary/aromatic N) is 2. The zero-order chi connectivity index (χ0) is 14.6. The maximum absolute atomic E-state index is 12.3. The summed E-state index contributed by atoms with van der Waals surface area (Å²) in [7, 11) is 3.23. The highest BCUT2D eigenvalue weighted by molar-refractivity contribution is 5.99. The maximum Gasteiger partial charge on any atom is 0.246 e. The molecule has 0 atom stereocenters. The highest BCUT2D eigenvalue weighted by atomic mass is 16.5. The number of hydrogen-bond acceptors (Lipinski definition) is 3. The van der Waals surface area contributed by atoms with Crippen LogP contribution in [0.2, 0.25) is 0 Å². The van der Waals surface area contributed by atoms with Crippen LogP contribution in [0.3, 0.4) is 0 Å². The third kappa shape index (κ3) is 3.05. The monoisotopic (exact) mass is 260 g/mol. The van der Waals surface area contributed by atoms with Crippen molar-refractivity contribution in [3.8, 4) is 11.8 Å². The molecule has 0 saturated carbocycles. The first-order valence-corrected chi connectivity index (χ1v) is 6.23. The van der Waals surface area contributed by atoms with E-state index in [2.05, 4.69) is 0 Å². The van der Waals surface area contributed by atoms with E-state index in [0.717, 1.165) is 12.0 Å². The van der Waals surface area contributed by atoms with Gasteiger partial charge >= 0.3 is 0 Å². The van der Waals surface area contributed by atoms with E-state index >= 15 is 0 Å². The molecule has 0 spiro atoms. The summed E-state index contributed by atoms with van der Waals surface area (Å²) in [5.74, 6) is 0.378. The second-order valence-electron chi connectivity index (χ2n) is 4.96. The summed E-state index contributed by atoms with van der Waals surface area (Å²) >= 11 is 0. The second kappa shape index (κ2) is 5.75. The molecule has 0 N–H and O–H groups in total. The fourth-order valence-corrected chi connectivity index (χ4v) is 1.79. The van der Waals surface area contributed by atoms with Crippen molar-refractivity contribution in [3.05, 3.63) is 23.8 Å². The van der Waals surface area contributed by atoms with Gasteiger partial charge in [0.1, 0.15) is 11.2 Å². The van der Waals surface area contributed by atoms with Gasteiger partial charge in [-0.25, -0.2) is 0 Å². The van der Waals surface area contributed by atoms with Gasteiger partial charge in [0, 0.05) is 7.05 Å². The van der Waals surface area contributed by atoms with E-state index in [-0.39, 0.29) is 5.91 Å². The number of amides is 1. The topological polar surface area (TPSA) is 53.3 Å². The number of ether oxygens (including phenoxy) is 1. The van der Waals surface area contributed by atoms with Crippen molar-refractivity contribution in [2.24, 2.45) is 5.41 Å². The predicted octanol–water partition coefficient (Wildman–Crippen LogP) is 2.77. The standard InChI is InChI=1S/C15H20N2O2/c1-6-11-7-8-13(19-5)12(9-11)17(4)14(18)15(2,3)10-16/h7-9H,6H2,1-5H3. The summed E-state index contributed by atoms with van der Waals surface area (Å²) in [6.07, 6.45) is 0.876. The molecule has 4 nitrogen and oxygen atoms in total. The molecule has 0 radical (unpaired) electrons. The Morgan fingerprint density at radius 2 is 2.11 bits per heavy atom. The van der Waals surface area contributed by atoms with Gasteiger partial charge in [-0.3, -0.25) is 4.79 Å². The molecule has 0 unspecified atom stereocenters. The number of benzene rings is 1. The number of hydrogen-bond donors (Lipinski definition) is 0. The third-order valence-corrected chi connectivity index (χ3v) is 3.13. The summed E-state index contributed by atoms with van der Waals surface area (Å²) < 4.78 is 5.29. The fraction of sp³-hybridized carbons (Fsp3) is 0.467. The van der Waals surface area contributed by atoms with Crippen molar-refractivity contribution in [3.63, 3.8) is 0 Å². The second-order valence-corrected chi connectivity index (χ2v) is 4.96. The Hall–Kier alpha value is -2.02. The molecule has 0 saturated heterocycles. The van der Waals surface area contributed by atoms with Gasteiger partial charge < -0.3 is 9.64 Å². The van der Waals surface area contributed by atoms with Crippen molar-refractivity contribution in [1.29, 1.82) is 5.26 Å². The predicted molar refractivity (Wildman–Crippen MR) is 75.2 cm³/mol. The van der Waals surface area contributed by atoms with Crippen LogP contribution in [0, 0.1) is 16.7 Å². The van der Waals surface area contributed by atoms with Crippen LogP contribution in [0.4, 0.5) is 5.69 Å². The van der Waals surface area contributed by atoms with Crippen LogP contribution in [0.5, 0.6) is 5.75 Å². The maximum atomic E-state index is 12.3. The summed E-state index contributed by atoms with van der Waals surface area (Å²) in [4.78, 5) is 13.8. The molecule has 0 bridgehead atoms. The summed E-state index contributed by atoms with van der Waals surface area (Å²) in [5.41, 5.74) is 0.752. The quantitative estimate of drug-likeness (QED) is 0.836. The van der Waals surface area contributed by atoms with Gasteiger partial charge in [-0.1, -0.05) is 13.0 Å². The molecule has 0 heterocycles. The summed E-state index contributed by atoms with van der Waals surface area (Å²) in [6.45, 7) is 5.27. The lowest BCUT2D eigenvalue weighted by Gasteiger charge is -2.26. The first-order valence-electron chi connectivity index (χ1n) is 6.23. The Morgan fingerprint density at radius 1 is 1.47 bits per heavy atom. The number of rotatable bonds is 4.